The summed E-state index contributed by atoms with van der Waals surface area (Å²) in [6.07, 6.45) is 11.0. The lowest BCUT2D eigenvalue weighted by molar-refractivity contribution is 0.122. The number of nitrogens with zero attached hydrogens (tertiary/aromatic N) is 2. The van der Waals surface area contributed by atoms with E-state index < -0.39 is 6.10 Å². The Labute approximate surface area is 165 Å². The highest BCUT2D eigenvalue weighted by atomic mass is 19.1. The number of imidazole rings is 1. The molecule has 0 spiro atoms. The maximum Gasteiger partial charge on any atom is 0.123 e. The molecule has 0 radical (unpaired) electrons. The number of aliphatic hydroxyl groups excluding tert-OH is 1. The van der Waals surface area contributed by atoms with Gasteiger partial charge in [0.15, 0.2) is 0 Å². The van der Waals surface area contributed by atoms with Crippen LogP contribution >= 0.6 is 0 Å². The van der Waals surface area contributed by atoms with Crippen LogP contribution in [0.1, 0.15) is 79.7 Å². The highest BCUT2D eigenvalue weighted by Crippen LogP contribution is 2.45. The van der Waals surface area contributed by atoms with Crippen molar-refractivity contribution in [3.63, 3.8) is 0 Å². The number of benzene rings is 1. The molecule has 2 aliphatic rings. The van der Waals surface area contributed by atoms with Gasteiger partial charge in [-0.15, -0.1) is 0 Å². The fourth-order valence-corrected chi connectivity index (χ4v) is 5.09. The fraction of sp³-hybridized carbons (Fsp3) is 0.458. The Morgan fingerprint density at radius 1 is 1.04 bits per heavy atom. The Balaban J connectivity index is 1.36. The van der Waals surface area contributed by atoms with Crippen molar-refractivity contribution in [1.29, 1.82) is 0 Å². The van der Waals surface area contributed by atoms with Crippen LogP contribution in [0.15, 0.2) is 48.9 Å². The molecule has 1 unspecified atom stereocenters. The topological polar surface area (TPSA) is 37.5 Å². The van der Waals surface area contributed by atoms with E-state index in [-0.39, 0.29) is 5.82 Å². The Morgan fingerprint density at radius 2 is 1.86 bits per heavy atom. The Morgan fingerprint density at radius 3 is 2.64 bits per heavy atom. The van der Waals surface area contributed by atoms with Crippen LogP contribution in [-0.2, 0) is 0 Å². The van der Waals surface area contributed by atoms with Crippen molar-refractivity contribution >= 4 is 5.52 Å². The molecule has 28 heavy (non-hydrogen) atoms. The minimum Gasteiger partial charge on any atom is -0.387 e. The third kappa shape index (κ3) is 3.46. The lowest BCUT2D eigenvalue weighted by Crippen LogP contribution is -2.18. The van der Waals surface area contributed by atoms with Gasteiger partial charge >= 0.3 is 0 Å². The molecular formula is C24H27FN2O. The van der Waals surface area contributed by atoms with Crippen LogP contribution in [0.25, 0.3) is 5.52 Å². The van der Waals surface area contributed by atoms with E-state index >= 15 is 0 Å². The summed E-state index contributed by atoms with van der Waals surface area (Å²) in [5.74, 6) is 1.38. The predicted octanol–water partition coefficient (Wildman–Crippen LogP) is 5.75. The molecular weight excluding hydrogens is 351 g/mol. The summed E-state index contributed by atoms with van der Waals surface area (Å²) < 4.78 is 15.3. The lowest BCUT2D eigenvalue weighted by Gasteiger charge is -2.31. The van der Waals surface area contributed by atoms with E-state index in [1.54, 1.807) is 12.1 Å². The van der Waals surface area contributed by atoms with Crippen molar-refractivity contribution in [2.24, 2.45) is 5.92 Å². The summed E-state index contributed by atoms with van der Waals surface area (Å²) in [6.45, 7) is 0. The monoisotopic (exact) mass is 378 g/mol. The second-order valence-electron chi connectivity index (χ2n) is 8.67. The molecule has 2 aliphatic carbocycles. The Bertz CT molecular complexity index is 960. The summed E-state index contributed by atoms with van der Waals surface area (Å²) in [4.78, 5) is 4.29. The summed E-state index contributed by atoms with van der Waals surface area (Å²) in [5.41, 5.74) is 4.62. The quantitative estimate of drug-likeness (QED) is 0.614. The summed E-state index contributed by atoms with van der Waals surface area (Å²) >= 11 is 0. The van der Waals surface area contributed by atoms with Gasteiger partial charge in [0.1, 0.15) is 5.82 Å². The maximum absolute atomic E-state index is 13.3. The number of hydrogen-bond donors (Lipinski definition) is 1. The highest BCUT2D eigenvalue weighted by molar-refractivity contribution is 5.50. The normalized spacial score (nSPS) is 23.8. The minimum absolute atomic E-state index is 0.174. The number of hydrogen-bond acceptors (Lipinski definition) is 2. The zero-order chi connectivity index (χ0) is 19.1. The fourth-order valence-electron chi connectivity index (χ4n) is 5.09. The van der Waals surface area contributed by atoms with E-state index in [1.165, 1.54) is 30.4 Å². The average molecular weight is 378 g/mol. The van der Waals surface area contributed by atoms with E-state index in [1.807, 2.05) is 24.7 Å². The predicted molar refractivity (Wildman–Crippen MR) is 108 cm³/mol. The zero-order valence-electron chi connectivity index (χ0n) is 16.1. The van der Waals surface area contributed by atoms with Gasteiger partial charge in [-0.2, -0.15) is 0 Å². The first-order valence-corrected chi connectivity index (χ1v) is 10.6. The summed E-state index contributed by atoms with van der Waals surface area (Å²) in [5, 5.41) is 11.2. The number of aromatic nitrogens is 2. The molecule has 0 amide bonds. The Kier molecular flexibility index (Phi) is 4.67. The maximum atomic E-state index is 13.3. The van der Waals surface area contributed by atoms with Crippen LogP contribution in [0.4, 0.5) is 4.39 Å². The number of pyridine rings is 1. The molecule has 2 fully saturated rings. The Hall–Kier alpha value is -2.20. The van der Waals surface area contributed by atoms with Crippen LogP contribution in [0, 0.1) is 11.7 Å². The molecule has 3 nitrogen and oxygen atoms in total. The van der Waals surface area contributed by atoms with Crippen LogP contribution in [0.2, 0.25) is 0 Å². The average Bonchev–Trinajstić information content (AvgIpc) is 3.44. The molecule has 1 aromatic carbocycles. The smallest absolute Gasteiger partial charge is 0.123 e. The second-order valence-corrected chi connectivity index (χ2v) is 8.67. The minimum atomic E-state index is -0.467. The highest BCUT2D eigenvalue weighted by Gasteiger charge is 2.32. The number of aliphatic hydroxyl groups is 1. The van der Waals surface area contributed by atoms with Crippen molar-refractivity contribution in [1.82, 2.24) is 9.38 Å². The number of fused-ring (bicyclic) bond motifs is 1. The van der Waals surface area contributed by atoms with Crippen LogP contribution in [0.3, 0.4) is 0 Å². The molecule has 3 aromatic rings. The number of halogens is 1. The third-order valence-electron chi connectivity index (χ3n) is 6.67. The molecule has 0 aliphatic heterocycles. The molecule has 4 heteroatoms. The van der Waals surface area contributed by atoms with Gasteiger partial charge in [-0.3, -0.25) is 0 Å². The molecule has 0 bridgehead atoms. The summed E-state index contributed by atoms with van der Waals surface area (Å²) in [7, 11) is 0. The first kappa shape index (κ1) is 17.9. The van der Waals surface area contributed by atoms with E-state index in [2.05, 4.69) is 21.5 Å². The van der Waals surface area contributed by atoms with Crippen LogP contribution in [-0.4, -0.2) is 14.5 Å². The SMILES string of the molecule is O[C@H](CC1CCC[C@@H](c2ccc(F)cc2)C1)c1c(C2CC2)ccc2cncn12. The van der Waals surface area contributed by atoms with Crippen LogP contribution < -0.4 is 0 Å². The second kappa shape index (κ2) is 7.32. The van der Waals surface area contributed by atoms with E-state index in [4.69, 9.17) is 0 Å². The lowest BCUT2D eigenvalue weighted by atomic mass is 9.75. The standard InChI is InChI=1S/C24H27FN2O/c25-20-8-6-17(7-9-20)19-3-1-2-16(12-19)13-23(28)24-22(18-4-5-18)11-10-21-14-26-15-27(21)24/h6-11,14-16,18-19,23,28H,1-5,12-13H2/t16?,19-,23-/m1/s1. The van der Waals surface area contributed by atoms with Gasteiger partial charge in [0, 0.05) is 0 Å². The van der Waals surface area contributed by atoms with Gasteiger partial charge in [-0.05, 0) is 79.2 Å². The molecule has 146 valence electrons. The van der Waals surface area contributed by atoms with Gasteiger partial charge in [0.2, 0.25) is 0 Å². The molecule has 1 N–H and O–H groups in total. The van der Waals surface area contributed by atoms with E-state index in [0.29, 0.717) is 17.8 Å². The van der Waals surface area contributed by atoms with Crippen LogP contribution in [0.5, 0.6) is 0 Å². The third-order valence-corrected chi connectivity index (χ3v) is 6.67. The van der Waals surface area contributed by atoms with Crippen molar-refractivity contribution < 1.29 is 9.50 Å². The molecule has 5 rings (SSSR count). The van der Waals surface area contributed by atoms with Crippen molar-refractivity contribution in [3.8, 4) is 0 Å². The largest absolute Gasteiger partial charge is 0.387 e. The van der Waals surface area contributed by atoms with Crippen molar-refractivity contribution in [3.05, 3.63) is 71.6 Å². The molecule has 3 atom stereocenters. The molecule has 2 aromatic heterocycles. The van der Waals surface area contributed by atoms with Gasteiger partial charge in [0.25, 0.3) is 0 Å². The zero-order valence-corrected chi connectivity index (χ0v) is 16.1. The molecule has 2 saturated carbocycles. The summed E-state index contributed by atoms with van der Waals surface area (Å²) in [6, 6.07) is 11.3. The number of rotatable bonds is 5. The van der Waals surface area contributed by atoms with Gasteiger partial charge in [0.05, 0.1) is 29.8 Å². The van der Waals surface area contributed by atoms with Crippen molar-refractivity contribution in [2.45, 2.75) is 62.9 Å². The van der Waals surface area contributed by atoms with E-state index in [9.17, 15) is 9.50 Å². The van der Waals surface area contributed by atoms with Gasteiger partial charge in [-0.25, -0.2) is 9.37 Å². The van der Waals surface area contributed by atoms with Gasteiger partial charge in [-0.1, -0.05) is 31.0 Å². The van der Waals surface area contributed by atoms with Gasteiger partial charge < -0.3 is 9.51 Å². The molecule has 2 heterocycles. The first-order valence-electron chi connectivity index (χ1n) is 10.6. The first-order chi connectivity index (χ1) is 13.7. The molecule has 0 saturated heterocycles. The van der Waals surface area contributed by atoms with E-state index in [0.717, 1.165) is 36.9 Å². The van der Waals surface area contributed by atoms with Crippen molar-refractivity contribution in [2.75, 3.05) is 0 Å².